The van der Waals surface area contributed by atoms with Gasteiger partial charge in [0.15, 0.2) is 0 Å². The smallest absolute Gasteiger partial charge is 0.416 e. The van der Waals surface area contributed by atoms with E-state index in [2.05, 4.69) is 5.10 Å². The molecule has 0 atom stereocenters. The monoisotopic (exact) mass is 362 g/mol. The van der Waals surface area contributed by atoms with Gasteiger partial charge in [0.2, 0.25) is 0 Å². The lowest BCUT2D eigenvalue weighted by Crippen LogP contribution is -2.21. The second-order valence-corrected chi connectivity index (χ2v) is 5.65. The van der Waals surface area contributed by atoms with E-state index in [4.69, 9.17) is 0 Å². The summed E-state index contributed by atoms with van der Waals surface area (Å²) in [5, 5.41) is 24.1. The zero-order valence-corrected chi connectivity index (χ0v) is 13.4. The molecule has 134 valence electrons. The lowest BCUT2D eigenvalue weighted by Gasteiger charge is -2.14. The molecule has 0 unspecified atom stereocenters. The van der Waals surface area contributed by atoms with Crippen LogP contribution in [-0.2, 0) is 11.0 Å². The Balaban J connectivity index is 1.97. The van der Waals surface area contributed by atoms with E-state index in [1.54, 1.807) is 0 Å². The summed E-state index contributed by atoms with van der Waals surface area (Å²) in [4.78, 5) is 12.6. The molecule has 0 bridgehead atoms. The van der Waals surface area contributed by atoms with E-state index in [0.717, 1.165) is 23.2 Å². The predicted octanol–water partition coefficient (Wildman–Crippen LogP) is 3.92. The van der Waals surface area contributed by atoms with Crippen LogP contribution in [0, 0.1) is 0 Å². The van der Waals surface area contributed by atoms with Crippen LogP contribution in [0.15, 0.2) is 53.1 Å². The Labute approximate surface area is 146 Å². The van der Waals surface area contributed by atoms with Gasteiger partial charge in [-0.05, 0) is 43.3 Å². The molecule has 2 aromatic carbocycles. The molecule has 8 heteroatoms. The van der Waals surface area contributed by atoms with E-state index in [0.29, 0.717) is 5.71 Å². The van der Waals surface area contributed by atoms with Gasteiger partial charge < -0.3 is 10.2 Å². The van der Waals surface area contributed by atoms with Crippen molar-refractivity contribution >= 4 is 23.4 Å². The summed E-state index contributed by atoms with van der Waals surface area (Å²) in [7, 11) is 0. The third-order valence-electron chi connectivity index (χ3n) is 3.79. The van der Waals surface area contributed by atoms with Crippen molar-refractivity contribution in [2.24, 2.45) is 5.10 Å². The van der Waals surface area contributed by atoms with Gasteiger partial charge >= 0.3 is 6.18 Å². The zero-order chi connectivity index (χ0) is 19.1. The van der Waals surface area contributed by atoms with E-state index >= 15 is 0 Å². The second kappa shape index (κ2) is 6.21. The quantitative estimate of drug-likeness (QED) is 0.796. The van der Waals surface area contributed by atoms with Gasteiger partial charge in [0.25, 0.3) is 5.91 Å². The van der Waals surface area contributed by atoms with Crippen molar-refractivity contribution in [3.8, 4) is 11.5 Å². The van der Waals surface area contributed by atoms with Crippen LogP contribution in [-0.4, -0.2) is 21.8 Å². The summed E-state index contributed by atoms with van der Waals surface area (Å²) in [6.07, 6.45) is -3.17. The number of aromatic hydroxyl groups is 2. The van der Waals surface area contributed by atoms with Crippen molar-refractivity contribution in [2.75, 3.05) is 5.01 Å². The number of nitrogens with zero attached hydrogens (tertiary/aromatic N) is 2. The van der Waals surface area contributed by atoms with Gasteiger partial charge in [-0.2, -0.15) is 23.3 Å². The number of alkyl halides is 3. The molecular weight excluding hydrogens is 349 g/mol. The number of hydrogen-bond acceptors (Lipinski definition) is 4. The van der Waals surface area contributed by atoms with Gasteiger partial charge in [-0.25, -0.2) is 0 Å². The van der Waals surface area contributed by atoms with Crippen LogP contribution in [0.1, 0.15) is 18.1 Å². The number of hydrogen-bond donors (Lipinski definition) is 2. The number of hydrazone groups is 1. The van der Waals surface area contributed by atoms with Gasteiger partial charge in [-0.15, -0.1) is 0 Å². The number of amides is 1. The van der Waals surface area contributed by atoms with Crippen LogP contribution in [0.3, 0.4) is 0 Å². The summed E-state index contributed by atoms with van der Waals surface area (Å²) in [6, 6.07) is 8.16. The van der Waals surface area contributed by atoms with E-state index < -0.39 is 17.6 Å². The molecule has 0 spiro atoms. The van der Waals surface area contributed by atoms with Crippen molar-refractivity contribution in [1.29, 1.82) is 0 Å². The van der Waals surface area contributed by atoms with Gasteiger partial charge in [0, 0.05) is 11.6 Å². The van der Waals surface area contributed by atoms with Crippen molar-refractivity contribution in [2.45, 2.75) is 13.1 Å². The van der Waals surface area contributed by atoms with Crippen LogP contribution >= 0.6 is 0 Å². The molecule has 3 rings (SSSR count). The van der Waals surface area contributed by atoms with Crippen molar-refractivity contribution in [3.63, 3.8) is 0 Å². The fourth-order valence-electron chi connectivity index (χ4n) is 2.48. The van der Waals surface area contributed by atoms with Gasteiger partial charge in [0.1, 0.15) is 11.5 Å². The molecule has 1 aliphatic rings. The maximum Gasteiger partial charge on any atom is 0.416 e. The minimum Gasteiger partial charge on any atom is -0.508 e. The Kier molecular flexibility index (Phi) is 4.19. The summed E-state index contributed by atoms with van der Waals surface area (Å²) in [5.41, 5.74) is -0.207. The van der Waals surface area contributed by atoms with Crippen LogP contribution in [0.4, 0.5) is 18.9 Å². The molecule has 0 saturated carbocycles. The molecular formula is C18H13F3N2O3. The highest BCUT2D eigenvalue weighted by molar-refractivity contribution is 6.32. The summed E-state index contributed by atoms with van der Waals surface area (Å²) in [6.45, 7) is 1.54. The number of phenolic OH excluding ortho intramolecular Hbond substituents is 2. The molecule has 0 aromatic heterocycles. The standard InChI is InChI=1S/C18H13F3N2O3/c1-10-15(7-11-5-6-14(24)9-16(11)25)17(26)23(22-10)13-4-2-3-12(8-13)18(19,20)21/h2-9,24-25H,1H3/b15-7+. The number of carbonyl (C=O) groups is 1. The van der Waals surface area contributed by atoms with Crippen LogP contribution in [0.5, 0.6) is 11.5 Å². The first-order valence-electron chi connectivity index (χ1n) is 7.48. The molecule has 2 aromatic rings. The van der Waals surface area contributed by atoms with E-state index in [1.165, 1.54) is 37.3 Å². The van der Waals surface area contributed by atoms with Crippen molar-refractivity contribution in [1.82, 2.24) is 0 Å². The first-order valence-corrected chi connectivity index (χ1v) is 7.48. The van der Waals surface area contributed by atoms with Crippen molar-refractivity contribution in [3.05, 3.63) is 59.2 Å². The van der Waals surface area contributed by atoms with E-state index in [1.807, 2.05) is 0 Å². The highest BCUT2D eigenvalue weighted by Gasteiger charge is 2.33. The molecule has 0 fully saturated rings. The molecule has 2 N–H and O–H groups in total. The Morgan fingerprint density at radius 2 is 1.85 bits per heavy atom. The molecule has 0 radical (unpaired) electrons. The first-order chi connectivity index (χ1) is 12.2. The number of carbonyl (C=O) groups excluding carboxylic acids is 1. The van der Waals surface area contributed by atoms with Crippen LogP contribution in [0.25, 0.3) is 6.08 Å². The fraction of sp³-hybridized carbons (Fsp3) is 0.111. The highest BCUT2D eigenvalue weighted by Crippen LogP contribution is 2.34. The lowest BCUT2D eigenvalue weighted by molar-refractivity contribution is -0.137. The van der Waals surface area contributed by atoms with E-state index in [9.17, 15) is 28.2 Å². The Bertz CT molecular complexity index is 949. The number of benzene rings is 2. The molecule has 0 saturated heterocycles. The van der Waals surface area contributed by atoms with E-state index in [-0.39, 0.29) is 28.3 Å². The SMILES string of the molecule is CC1=NN(c2cccc(C(F)(F)F)c2)C(=O)/C1=C/c1ccc(O)cc1O. The maximum absolute atomic E-state index is 12.9. The van der Waals surface area contributed by atoms with Gasteiger partial charge in [0.05, 0.1) is 22.5 Å². The Morgan fingerprint density at radius 3 is 2.50 bits per heavy atom. The zero-order valence-electron chi connectivity index (χ0n) is 13.4. The largest absolute Gasteiger partial charge is 0.508 e. The maximum atomic E-state index is 12.9. The van der Waals surface area contributed by atoms with Crippen LogP contribution in [0.2, 0.25) is 0 Å². The van der Waals surface area contributed by atoms with Gasteiger partial charge in [-0.3, -0.25) is 4.79 Å². The third-order valence-corrected chi connectivity index (χ3v) is 3.79. The fourth-order valence-corrected chi connectivity index (χ4v) is 2.48. The average molecular weight is 362 g/mol. The number of rotatable bonds is 2. The Hall–Kier alpha value is -3.29. The predicted molar refractivity (Wildman–Crippen MR) is 89.8 cm³/mol. The molecule has 1 heterocycles. The minimum absolute atomic E-state index is 0.0116. The van der Waals surface area contributed by atoms with Gasteiger partial charge in [-0.1, -0.05) is 6.07 Å². The number of anilines is 1. The molecule has 1 amide bonds. The normalized spacial score (nSPS) is 16.3. The third kappa shape index (κ3) is 3.26. The summed E-state index contributed by atoms with van der Waals surface area (Å²) >= 11 is 0. The number of phenols is 2. The van der Waals surface area contributed by atoms with Crippen molar-refractivity contribution < 1.29 is 28.2 Å². The topological polar surface area (TPSA) is 73.1 Å². The van der Waals surface area contributed by atoms with Crippen LogP contribution < -0.4 is 5.01 Å². The Morgan fingerprint density at radius 1 is 1.12 bits per heavy atom. The number of halogens is 3. The average Bonchev–Trinajstić information content (AvgIpc) is 2.84. The second-order valence-electron chi connectivity index (χ2n) is 5.65. The summed E-state index contributed by atoms with van der Waals surface area (Å²) in [5.74, 6) is -0.997. The highest BCUT2D eigenvalue weighted by atomic mass is 19.4. The molecule has 26 heavy (non-hydrogen) atoms. The molecule has 5 nitrogen and oxygen atoms in total. The lowest BCUT2D eigenvalue weighted by atomic mass is 10.1. The summed E-state index contributed by atoms with van der Waals surface area (Å²) < 4.78 is 38.6. The minimum atomic E-state index is -4.53. The molecule has 1 aliphatic heterocycles. The molecule has 0 aliphatic carbocycles. The first kappa shape index (κ1) is 17.5.